The van der Waals surface area contributed by atoms with Crippen LogP contribution in [0.2, 0.25) is 0 Å². The zero-order valence-electron chi connectivity index (χ0n) is 12.0. The summed E-state index contributed by atoms with van der Waals surface area (Å²) < 4.78 is 32.4. The Morgan fingerprint density at radius 2 is 2.00 bits per heavy atom. The van der Waals surface area contributed by atoms with Crippen molar-refractivity contribution in [3.8, 4) is 5.75 Å². The lowest BCUT2D eigenvalue weighted by atomic mass is 10.3. The summed E-state index contributed by atoms with van der Waals surface area (Å²) in [6.07, 6.45) is 4.00. The Bertz CT molecular complexity index is 566. The van der Waals surface area contributed by atoms with Gasteiger partial charge >= 0.3 is 0 Å². The number of nitrogens with two attached hydrogens (primary N) is 1. The van der Waals surface area contributed by atoms with Crippen molar-refractivity contribution in [2.45, 2.75) is 43.5 Å². The van der Waals surface area contributed by atoms with Crippen molar-refractivity contribution >= 4 is 15.7 Å². The zero-order chi connectivity index (χ0) is 14.8. The molecule has 1 aliphatic carbocycles. The van der Waals surface area contributed by atoms with Crippen LogP contribution in [-0.2, 0) is 10.0 Å². The standard InChI is InChI=1S/C14H22N2O3S/c1-3-19-13-9-8-11(15)10-14(13)20(17,18)16(2)12-6-4-5-7-12/h8-10,12H,3-7,15H2,1-2H3. The maximum Gasteiger partial charge on any atom is 0.246 e. The lowest BCUT2D eigenvalue weighted by Gasteiger charge is -2.24. The first-order valence-electron chi connectivity index (χ1n) is 6.97. The molecule has 0 radical (unpaired) electrons. The molecule has 20 heavy (non-hydrogen) atoms. The van der Waals surface area contributed by atoms with Crippen molar-refractivity contribution in [1.29, 1.82) is 0 Å². The van der Waals surface area contributed by atoms with Gasteiger partial charge in [-0.2, -0.15) is 4.31 Å². The van der Waals surface area contributed by atoms with E-state index in [9.17, 15) is 8.42 Å². The Kier molecular flexibility index (Phi) is 4.55. The maximum atomic E-state index is 12.8. The molecule has 112 valence electrons. The van der Waals surface area contributed by atoms with E-state index >= 15 is 0 Å². The second kappa shape index (κ2) is 6.01. The highest BCUT2D eigenvalue weighted by Crippen LogP contribution is 2.32. The molecule has 1 aliphatic rings. The van der Waals surface area contributed by atoms with Gasteiger partial charge in [0.05, 0.1) is 6.61 Å². The number of hydrogen-bond acceptors (Lipinski definition) is 4. The number of sulfonamides is 1. The molecule has 1 fully saturated rings. The molecule has 2 rings (SSSR count). The molecule has 0 spiro atoms. The summed E-state index contributed by atoms with van der Waals surface area (Å²) in [5, 5.41) is 0. The third kappa shape index (κ3) is 2.91. The van der Waals surface area contributed by atoms with Crippen molar-refractivity contribution < 1.29 is 13.2 Å². The average Bonchev–Trinajstić information content (AvgIpc) is 2.94. The molecule has 5 nitrogen and oxygen atoms in total. The monoisotopic (exact) mass is 298 g/mol. The van der Waals surface area contributed by atoms with E-state index in [1.807, 2.05) is 6.92 Å². The Morgan fingerprint density at radius 3 is 2.60 bits per heavy atom. The normalized spacial score (nSPS) is 16.8. The summed E-state index contributed by atoms with van der Waals surface area (Å²) in [6, 6.07) is 4.83. The molecular formula is C14H22N2O3S. The number of hydrogen-bond donors (Lipinski definition) is 1. The Morgan fingerprint density at radius 1 is 1.35 bits per heavy atom. The van der Waals surface area contributed by atoms with Gasteiger partial charge in [-0.15, -0.1) is 0 Å². The van der Waals surface area contributed by atoms with Crippen LogP contribution < -0.4 is 10.5 Å². The second-order valence-corrected chi connectivity index (χ2v) is 7.06. The molecule has 0 atom stereocenters. The lowest BCUT2D eigenvalue weighted by molar-refractivity contribution is 0.326. The molecule has 0 heterocycles. The van der Waals surface area contributed by atoms with Gasteiger partial charge in [-0.1, -0.05) is 12.8 Å². The van der Waals surface area contributed by atoms with Crippen molar-refractivity contribution in [3.63, 3.8) is 0 Å². The van der Waals surface area contributed by atoms with E-state index in [1.165, 1.54) is 10.4 Å². The molecule has 0 saturated heterocycles. The Labute approximate surface area is 120 Å². The summed E-state index contributed by atoms with van der Waals surface area (Å²) in [4.78, 5) is 0.161. The highest BCUT2D eigenvalue weighted by molar-refractivity contribution is 7.89. The molecular weight excluding hydrogens is 276 g/mol. The number of benzene rings is 1. The summed E-state index contributed by atoms with van der Waals surface area (Å²) in [5.41, 5.74) is 6.16. The van der Waals surface area contributed by atoms with Crippen LogP contribution >= 0.6 is 0 Å². The molecule has 0 unspecified atom stereocenters. The molecule has 1 saturated carbocycles. The number of rotatable bonds is 5. The minimum atomic E-state index is -3.57. The van der Waals surface area contributed by atoms with Gasteiger partial charge in [0.25, 0.3) is 0 Å². The molecule has 0 amide bonds. The van der Waals surface area contributed by atoms with E-state index in [0.29, 0.717) is 18.0 Å². The third-order valence-electron chi connectivity index (χ3n) is 3.76. The van der Waals surface area contributed by atoms with E-state index in [-0.39, 0.29) is 10.9 Å². The predicted octanol–water partition coefficient (Wildman–Crippen LogP) is 2.23. The van der Waals surface area contributed by atoms with E-state index in [2.05, 4.69) is 0 Å². The molecule has 6 heteroatoms. The fourth-order valence-electron chi connectivity index (χ4n) is 2.62. The summed E-state index contributed by atoms with van der Waals surface area (Å²) in [5.74, 6) is 0.367. The minimum absolute atomic E-state index is 0.0795. The van der Waals surface area contributed by atoms with Gasteiger partial charge < -0.3 is 10.5 Å². The zero-order valence-corrected chi connectivity index (χ0v) is 12.8. The largest absolute Gasteiger partial charge is 0.492 e. The summed E-state index contributed by atoms with van der Waals surface area (Å²) in [7, 11) is -1.93. The highest BCUT2D eigenvalue weighted by atomic mass is 32.2. The topological polar surface area (TPSA) is 72.6 Å². The van der Waals surface area contributed by atoms with Crippen LogP contribution in [0.1, 0.15) is 32.6 Å². The van der Waals surface area contributed by atoms with Crippen LogP contribution in [-0.4, -0.2) is 32.4 Å². The first kappa shape index (κ1) is 15.1. The number of anilines is 1. The van der Waals surface area contributed by atoms with Crippen molar-refractivity contribution in [2.24, 2.45) is 0 Å². The van der Waals surface area contributed by atoms with Crippen molar-refractivity contribution in [1.82, 2.24) is 4.31 Å². The summed E-state index contributed by atoms with van der Waals surface area (Å²) >= 11 is 0. The van der Waals surface area contributed by atoms with Crippen LogP contribution in [0.5, 0.6) is 5.75 Å². The lowest BCUT2D eigenvalue weighted by Crippen LogP contribution is -2.35. The maximum absolute atomic E-state index is 12.8. The highest BCUT2D eigenvalue weighted by Gasteiger charge is 2.32. The van der Waals surface area contributed by atoms with E-state index in [0.717, 1.165) is 25.7 Å². The van der Waals surface area contributed by atoms with E-state index < -0.39 is 10.0 Å². The first-order valence-corrected chi connectivity index (χ1v) is 8.41. The average molecular weight is 298 g/mol. The van der Waals surface area contributed by atoms with Gasteiger partial charge in [-0.25, -0.2) is 8.42 Å². The Hall–Kier alpha value is -1.27. The Balaban J connectivity index is 2.39. The number of ether oxygens (including phenoxy) is 1. The van der Waals surface area contributed by atoms with Crippen molar-refractivity contribution in [2.75, 3.05) is 19.4 Å². The van der Waals surface area contributed by atoms with Crippen LogP contribution in [0, 0.1) is 0 Å². The fourth-order valence-corrected chi connectivity index (χ4v) is 4.20. The van der Waals surface area contributed by atoms with Crippen LogP contribution in [0.25, 0.3) is 0 Å². The molecule has 2 N–H and O–H groups in total. The fraction of sp³-hybridized carbons (Fsp3) is 0.571. The van der Waals surface area contributed by atoms with Gasteiger partial charge in [0.1, 0.15) is 10.6 Å². The molecule has 0 aromatic heterocycles. The smallest absolute Gasteiger partial charge is 0.246 e. The summed E-state index contributed by atoms with van der Waals surface area (Å²) in [6.45, 7) is 2.24. The SMILES string of the molecule is CCOc1ccc(N)cc1S(=O)(=O)N(C)C1CCCC1. The predicted molar refractivity (Wildman–Crippen MR) is 79.2 cm³/mol. The van der Waals surface area contributed by atoms with E-state index in [1.54, 1.807) is 19.2 Å². The number of nitrogens with zero attached hydrogens (tertiary/aromatic N) is 1. The second-order valence-electron chi connectivity index (χ2n) is 5.10. The number of nitrogen functional groups attached to an aromatic ring is 1. The van der Waals surface area contributed by atoms with Gasteiger partial charge in [0, 0.05) is 18.8 Å². The third-order valence-corrected chi connectivity index (χ3v) is 5.69. The van der Waals surface area contributed by atoms with Crippen molar-refractivity contribution in [3.05, 3.63) is 18.2 Å². The molecule has 1 aromatic carbocycles. The van der Waals surface area contributed by atoms with Crippen LogP contribution in [0.15, 0.2) is 23.1 Å². The molecule has 0 bridgehead atoms. The van der Waals surface area contributed by atoms with E-state index in [4.69, 9.17) is 10.5 Å². The minimum Gasteiger partial charge on any atom is -0.492 e. The van der Waals surface area contributed by atoms with Gasteiger partial charge in [-0.3, -0.25) is 0 Å². The van der Waals surface area contributed by atoms with Gasteiger partial charge in [0.2, 0.25) is 10.0 Å². The molecule has 1 aromatic rings. The van der Waals surface area contributed by atoms with Crippen LogP contribution in [0.4, 0.5) is 5.69 Å². The molecule has 0 aliphatic heterocycles. The van der Waals surface area contributed by atoms with Gasteiger partial charge in [-0.05, 0) is 38.0 Å². The quantitative estimate of drug-likeness (QED) is 0.846. The first-order chi connectivity index (χ1) is 9.46. The van der Waals surface area contributed by atoms with Gasteiger partial charge in [0.15, 0.2) is 0 Å². The van der Waals surface area contributed by atoms with Crippen LogP contribution in [0.3, 0.4) is 0 Å².